The Bertz CT molecular complexity index is 565. The molecule has 0 aliphatic heterocycles. The fraction of sp³-hybridized carbons (Fsp3) is 0.400. The summed E-state index contributed by atoms with van der Waals surface area (Å²) in [4.78, 5) is 28.6. The molecule has 0 unspecified atom stereocenters. The molecule has 2 aromatic heterocycles. The summed E-state index contributed by atoms with van der Waals surface area (Å²) >= 11 is 0. The zero-order valence-corrected chi connectivity index (χ0v) is 10.1. The van der Waals surface area contributed by atoms with E-state index < -0.39 is 11.9 Å². The first-order valence-electron chi connectivity index (χ1n) is 5.63. The van der Waals surface area contributed by atoms with Crippen LogP contribution in [-0.4, -0.2) is 42.4 Å². The highest BCUT2D eigenvalue weighted by Gasteiger charge is 2.16. The Morgan fingerprint density at radius 1 is 0.850 bits per heavy atom. The van der Waals surface area contributed by atoms with E-state index >= 15 is 0 Å². The van der Waals surface area contributed by atoms with Gasteiger partial charge in [-0.05, 0) is 0 Å². The van der Waals surface area contributed by atoms with Crippen molar-refractivity contribution in [2.24, 2.45) is 0 Å². The van der Waals surface area contributed by atoms with Gasteiger partial charge in [0.15, 0.2) is 0 Å². The molecule has 2 aromatic rings. The molecule has 0 fully saturated rings. The second kappa shape index (κ2) is 5.91. The van der Waals surface area contributed by atoms with Gasteiger partial charge in [0.2, 0.25) is 23.4 Å². The minimum absolute atomic E-state index is 0.0655. The average molecular weight is 282 g/mol. The van der Waals surface area contributed by atoms with Gasteiger partial charge in [-0.15, -0.1) is 0 Å². The Morgan fingerprint density at radius 2 is 1.25 bits per heavy atom. The number of carboxylic acid groups (broad SMARTS) is 2. The number of aliphatic carboxylic acids is 2. The van der Waals surface area contributed by atoms with Gasteiger partial charge in [0, 0.05) is 12.8 Å². The third-order valence-electron chi connectivity index (χ3n) is 2.24. The standard InChI is InChI=1S/C10H10N4O6/c15-7(16)3-1-5-11-9(13-19-5)10-12-6(20-14-10)2-4-8(17)18/h1-4H2,(H,15,16)(H,17,18). The van der Waals surface area contributed by atoms with Crippen molar-refractivity contribution in [3.05, 3.63) is 11.8 Å². The Kier molecular flexibility index (Phi) is 4.03. The fourth-order valence-electron chi connectivity index (χ4n) is 1.32. The molecule has 20 heavy (non-hydrogen) atoms. The molecular formula is C10H10N4O6. The van der Waals surface area contributed by atoms with E-state index in [1.165, 1.54) is 0 Å². The predicted octanol–water partition coefficient (Wildman–Crippen LogP) is 0.154. The number of hydrogen-bond donors (Lipinski definition) is 2. The first kappa shape index (κ1) is 13.6. The van der Waals surface area contributed by atoms with E-state index in [9.17, 15) is 9.59 Å². The Morgan fingerprint density at radius 3 is 1.60 bits per heavy atom. The number of carboxylic acids is 2. The van der Waals surface area contributed by atoms with Gasteiger partial charge in [0.05, 0.1) is 12.8 Å². The Balaban J connectivity index is 2.01. The van der Waals surface area contributed by atoms with Crippen LogP contribution in [0.5, 0.6) is 0 Å². The van der Waals surface area contributed by atoms with Gasteiger partial charge >= 0.3 is 11.9 Å². The molecule has 0 amide bonds. The molecule has 0 atom stereocenters. The van der Waals surface area contributed by atoms with Crippen molar-refractivity contribution >= 4 is 11.9 Å². The highest BCUT2D eigenvalue weighted by molar-refractivity contribution is 5.67. The van der Waals surface area contributed by atoms with Crippen molar-refractivity contribution in [3.63, 3.8) is 0 Å². The van der Waals surface area contributed by atoms with Crippen LogP contribution in [0.2, 0.25) is 0 Å². The van der Waals surface area contributed by atoms with Crippen molar-refractivity contribution in [1.82, 2.24) is 20.3 Å². The highest BCUT2D eigenvalue weighted by Crippen LogP contribution is 2.13. The summed E-state index contributed by atoms with van der Waals surface area (Å²) in [5, 5.41) is 24.2. The molecule has 2 heterocycles. The van der Waals surface area contributed by atoms with E-state index in [0.29, 0.717) is 0 Å². The fourth-order valence-corrected chi connectivity index (χ4v) is 1.32. The molecule has 2 N–H and O–H groups in total. The van der Waals surface area contributed by atoms with Crippen LogP contribution in [0.15, 0.2) is 9.05 Å². The van der Waals surface area contributed by atoms with Gasteiger partial charge in [-0.3, -0.25) is 9.59 Å². The maximum absolute atomic E-state index is 10.4. The van der Waals surface area contributed by atoms with Gasteiger partial charge in [-0.25, -0.2) is 0 Å². The molecule has 10 nitrogen and oxygen atoms in total. The van der Waals surface area contributed by atoms with Crippen LogP contribution in [-0.2, 0) is 22.4 Å². The number of carbonyl (C=O) groups is 2. The van der Waals surface area contributed by atoms with Gasteiger partial charge in [-0.2, -0.15) is 9.97 Å². The molecule has 0 bridgehead atoms. The van der Waals surface area contributed by atoms with E-state index in [-0.39, 0.29) is 49.1 Å². The van der Waals surface area contributed by atoms with Crippen LogP contribution in [0.3, 0.4) is 0 Å². The van der Waals surface area contributed by atoms with Gasteiger partial charge in [-0.1, -0.05) is 10.3 Å². The molecular weight excluding hydrogens is 272 g/mol. The Labute approximate surface area is 111 Å². The van der Waals surface area contributed by atoms with Crippen LogP contribution in [0.4, 0.5) is 0 Å². The van der Waals surface area contributed by atoms with E-state index in [0.717, 1.165) is 0 Å². The van der Waals surface area contributed by atoms with Crippen molar-refractivity contribution in [2.75, 3.05) is 0 Å². The summed E-state index contributed by atoms with van der Waals surface area (Å²) in [6.07, 6.45) is -0.0480. The van der Waals surface area contributed by atoms with E-state index in [1.54, 1.807) is 0 Å². The lowest BCUT2D eigenvalue weighted by molar-refractivity contribution is -0.138. The number of aryl methyl sites for hydroxylation is 2. The number of hydrogen-bond acceptors (Lipinski definition) is 8. The van der Waals surface area contributed by atoms with Crippen molar-refractivity contribution in [3.8, 4) is 11.6 Å². The minimum atomic E-state index is -0.972. The average Bonchev–Trinajstić information content (AvgIpc) is 3.02. The quantitative estimate of drug-likeness (QED) is 0.717. The summed E-state index contributed by atoms with van der Waals surface area (Å²) < 4.78 is 9.67. The summed E-state index contributed by atoms with van der Waals surface area (Å²) in [6, 6.07) is 0. The first-order valence-corrected chi connectivity index (χ1v) is 5.63. The molecule has 0 aliphatic rings. The lowest BCUT2D eigenvalue weighted by atomic mass is 10.3. The summed E-state index contributed by atoms with van der Waals surface area (Å²) in [5.41, 5.74) is 0. The summed E-state index contributed by atoms with van der Waals surface area (Å²) in [7, 11) is 0. The summed E-state index contributed by atoms with van der Waals surface area (Å²) in [6.45, 7) is 0. The lowest BCUT2D eigenvalue weighted by Gasteiger charge is -1.87. The van der Waals surface area contributed by atoms with Crippen molar-refractivity contribution in [1.29, 1.82) is 0 Å². The molecule has 0 aromatic carbocycles. The third kappa shape index (κ3) is 3.60. The van der Waals surface area contributed by atoms with Crippen LogP contribution in [0, 0.1) is 0 Å². The van der Waals surface area contributed by atoms with Crippen molar-refractivity contribution < 1.29 is 28.8 Å². The van der Waals surface area contributed by atoms with Crippen LogP contribution in [0.1, 0.15) is 24.6 Å². The smallest absolute Gasteiger partial charge is 0.303 e. The SMILES string of the molecule is O=C(O)CCc1nc(-c2noc(CCC(=O)O)n2)no1. The van der Waals surface area contributed by atoms with Crippen molar-refractivity contribution in [2.45, 2.75) is 25.7 Å². The lowest BCUT2D eigenvalue weighted by Crippen LogP contribution is -1.98. The zero-order chi connectivity index (χ0) is 14.5. The molecule has 10 heteroatoms. The molecule has 0 saturated carbocycles. The maximum atomic E-state index is 10.4. The largest absolute Gasteiger partial charge is 0.481 e. The van der Waals surface area contributed by atoms with Crippen LogP contribution in [0.25, 0.3) is 11.6 Å². The van der Waals surface area contributed by atoms with Crippen LogP contribution >= 0.6 is 0 Å². The molecule has 0 radical (unpaired) electrons. The second-order valence-electron chi connectivity index (χ2n) is 3.81. The van der Waals surface area contributed by atoms with Gasteiger partial charge in [0.25, 0.3) is 0 Å². The second-order valence-corrected chi connectivity index (χ2v) is 3.81. The molecule has 0 saturated heterocycles. The summed E-state index contributed by atoms with van der Waals surface area (Å²) in [5.74, 6) is -1.51. The molecule has 0 aliphatic carbocycles. The minimum Gasteiger partial charge on any atom is -0.481 e. The first-order chi connectivity index (χ1) is 9.54. The Hall–Kier alpha value is -2.78. The van der Waals surface area contributed by atoms with Gasteiger partial charge in [0.1, 0.15) is 0 Å². The number of aromatic nitrogens is 4. The normalized spacial score (nSPS) is 10.6. The molecule has 106 valence electrons. The molecule has 0 spiro atoms. The van der Waals surface area contributed by atoms with E-state index in [1.807, 2.05) is 0 Å². The number of nitrogens with zero attached hydrogens (tertiary/aromatic N) is 4. The number of rotatable bonds is 7. The topological polar surface area (TPSA) is 152 Å². The third-order valence-corrected chi connectivity index (χ3v) is 2.24. The van der Waals surface area contributed by atoms with E-state index in [2.05, 4.69) is 20.3 Å². The monoisotopic (exact) mass is 282 g/mol. The highest BCUT2D eigenvalue weighted by atomic mass is 16.5. The van der Waals surface area contributed by atoms with Gasteiger partial charge < -0.3 is 19.3 Å². The van der Waals surface area contributed by atoms with E-state index in [4.69, 9.17) is 19.3 Å². The molecule has 2 rings (SSSR count). The maximum Gasteiger partial charge on any atom is 0.303 e. The van der Waals surface area contributed by atoms with Crippen LogP contribution < -0.4 is 0 Å². The zero-order valence-electron chi connectivity index (χ0n) is 10.1. The predicted molar refractivity (Wildman–Crippen MR) is 59.5 cm³/mol.